The molecule has 0 bridgehead atoms. The summed E-state index contributed by atoms with van der Waals surface area (Å²) in [4.78, 5) is 4.13. The zero-order valence-corrected chi connectivity index (χ0v) is 11.2. The molecule has 0 fully saturated rings. The van der Waals surface area contributed by atoms with Gasteiger partial charge in [0.2, 0.25) is 0 Å². The summed E-state index contributed by atoms with van der Waals surface area (Å²) >= 11 is 0. The first-order valence-electron chi connectivity index (χ1n) is 6.55. The molecule has 0 spiro atoms. The van der Waals surface area contributed by atoms with E-state index in [1.165, 1.54) is 6.07 Å². The molecule has 3 heteroatoms. The molecule has 1 heterocycles. The molecule has 1 aromatic heterocycles. The Morgan fingerprint density at radius 2 is 1.80 bits per heavy atom. The van der Waals surface area contributed by atoms with E-state index in [1.54, 1.807) is 12.3 Å². The summed E-state index contributed by atoms with van der Waals surface area (Å²) in [5.74, 6) is -0.196. The van der Waals surface area contributed by atoms with Crippen molar-refractivity contribution in [2.75, 3.05) is 7.05 Å². The molecule has 2 nitrogen and oxygen atoms in total. The molecule has 0 aliphatic heterocycles. The number of hydrogen-bond donors (Lipinski definition) is 1. The van der Waals surface area contributed by atoms with Crippen molar-refractivity contribution < 1.29 is 4.39 Å². The monoisotopic (exact) mass is 266 g/mol. The molecule has 20 heavy (non-hydrogen) atoms. The van der Waals surface area contributed by atoms with Crippen LogP contribution in [0.4, 0.5) is 4.39 Å². The Labute approximate surface area is 117 Å². The van der Waals surface area contributed by atoms with E-state index in [0.717, 1.165) is 16.3 Å². The molecule has 0 saturated carbocycles. The van der Waals surface area contributed by atoms with Crippen LogP contribution in [0.25, 0.3) is 10.8 Å². The second-order valence-corrected chi connectivity index (χ2v) is 4.69. The summed E-state index contributed by atoms with van der Waals surface area (Å²) in [5.41, 5.74) is 1.71. The number of pyridine rings is 1. The molecular weight excluding hydrogens is 251 g/mol. The van der Waals surface area contributed by atoms with Gasteiger partial charge in [-0.1, -0.05) is 36.4 Å². The average Bonchev–Trinajstić information content (AvgIpc) is 2.50. The number of hydrogen-bond acceptors (Lipinski definition) is 2. The Balaban J connectivity index is 2.20. The first kappa shape index (κ1) is 12.8. The predicted octanol–water partition coefficient (Wildman–Crippen LogP) is 3.68. The van der Waals surface area contributed by atoms with Crippen LogP contribution in [-0.2, 0) is 0 Å². The highest BCUT2D eigenvalue weighted by Crippen LogP contribution is 2.29. The van der Waals surface area contributed by atoms with Gasteiger partial charge in [-0.25, -0.2) is 4.39 Å². The van der Waals surface area contributed by atoms with Crippen LogP contribution >= 0.6 is 0 Å². The van der Waals surface area contributed by atoms with Crippen LogP contribution in [0.15, 0.2) is 60.9 Å². The number of fused-ring (bicyclic) bond motifs is 1. The van der Waals surface area contributed by atoms with Gasteiger partial charge in [0.15, 0.2) is 0 Å². The molecule has 3 aromatic rings. The lowest BCUT2D eigenvalue weighted by molar-refractivity contribution is 0.577. The summed E-state index contributed by atoms with van der Waals surface area (Å²) < 4.78 is 14.1. The lowest BCUT2D eigenvalue weighted by Gasteiger charge is -2.19. The third-order valence-electron chi connectivity index (χ3n) is 3.53. The van der Waals surface area contributed by atoms with Gasteiger partial charge < -0.3 is 5.32 Å². The zero-order chi connectivity index (χ0) is 13.9. The van der Waals surface area contributed by atoms with Gasteiger partial charge in [-0.05, 0) is 30.1 Å². The average molecular weight is 266 g/mol. The number of benzene rings is 2. The Morgan fingerprint density at radius 1 is 1.00 bits per heavy atom. The van der Waals surface area contributed by atoms with E-state index in [9.17, 15) is 4.39 Å². The van der Waals surface area contributed by atoms with Crippen LogP contribution in [0.5, 0.6) is 0 Å². The Kier molecular flexibility index (Phi) is 3.44. The van der Waals surface area contributed by atoms with Crippen molar-refractivity contribution in [1.82, 2.24) is 10.3 Å². The second-order valence-electron chi connectivity index (χ2n) is 4.69. The third kappa shape index (κ3) is 2.17. The van der Waals surface area contributed by atoms with Gasteiger partial charge in [-0.3, -0.25) is 4.98 Å². The van der Waals surface area contributed by atoms with Crippen LogP contribution in [-0.4, -0.2) is 12.0 Å². The SMILES string of the molecule is CNC(c1ccccc1F)c1cccc2cnccc12. The summed E-state index contributed by atoms with van der Waals surface area (Å²) in [6, 6.07) is 14.7. The van der Waals surface area contributed by atoms with E-state index < -0.39 is 0 Å². The number of nitrogens with one attached hydrogen (secondary N) is 1. The van der Waals surface area contributed by atoms with Crippen LogP contribution in [0.2, 0.25) is 0 Å². The summed E-state index contributed by atoms with van der Waals surface area (Å²) in [7, 11) is 1.84. The third-order valence-corrected chi connectivity index (χ3v) is 3.53. The van der Waals surface area contributed by atoms with E-state index in [4.69, 9.17) is 0 Å². The van der Waals surface area contributed by atoms with E-state index in [2.05, 4.69) is 10.3 Å². The maximum Gasteiger partial charge on any atom is 0.128 e. The van der Waals surface area contributed by atoms with Crippen molar-refractivity contribution in [2.45, 2.75) is 6.04 Å². The lowest BCUT2D eigenvalue weighted by Crippen LogP contribution is -2.19. The van der Waals surface area contributed by atoms with Crippen LogP contribution in [0.1, 0.15) is 17.2 Å². The number of nitrogens with zero attached hydrogens (tertiary/aromatic N) is 1. The molecule has 3 rings (SSSR count). The van der Waals surface area contributed by atoms with Crippen molar-refractivity contribution in [3.63, 3.8) is 0 Å². The fourth-order valence-electron chi connectivity index (χ4n) is 2.59. The molecule has 0 saturated heterocycles. The van der Waals surface area contributed by atoms with E-state index in [0.29, 0.717) is 5.56 Å². The molecule has 0 amide bonds. The highest BCUT2D eigenvalue weighted by atomic mass is 19.1. The number of halogens is 1. The minimum absolute atomic E-state index is 0.178. The molecule has 0 aliphatic carbocycles. The maximum atomic E-state index is 14.1. The standard InChI is InChI=1S/C17H15FN2/c1-19-17(15-6-2-3-8-16(15)18)14-7-4-5-12-11-20-10-9-13(12)14/h2-11,17,19H,1H3. The molecule has 0 radical (unpaired) electrons. The molecule has 1 unspecified atom stereocenters. The topological polar surface area (TPSA) is 24.9 Å². The summed E-state index contributed by atoms with van der Waals surface area (Å²) in [6.07, 6.45) is 3.59. The predicted molar refractivity (Wildman–Crippen MR) is 79.0 cm³/mol. The van der Waals surface area contributed by atoms with Crippen LogP contribution in [0, 0.1) is 5.82 Å². The Morgan fingerprint density at radius 3 is 2.60 bits per heavy atom. The van der Waals surface area contributed by atoms with Crippen molar-refractivity contribution in [1.29, 1.82) is 0 Å². The van der Waals surface area contributed by atoms with Gasteiger partial charge in [0.1, 0.15) is 5.82 Å². The smallest absolute Gasteiger partial charge is 0.128 e. The number of aromatic nitrogens is 1. The van der Waals surface area contributed by atoms with Gasteiger partial charge in [0.05, 0.1) is 6.04 Å². The Bertz CT molecular complexity index is 734. The van der Waals surface area contributed by atoms with Gasteiger partial charge in [-0.2, -0.15) is 0 Å². The molecule has 1 N–H and O–H groups in total. The zero-order valence-electron chi connectivity index (χ0n) is 11.2. The van der Waals surface area contributed by atoms with Crippen molar-refractivity contribution in [3.05, 3.63) is 77.9 Å². The van der Waals surface area contributed by atoms with E-state index in [1.807, 2.05) is 49.6 Å². The van der Waals surface area contributed by atoms with Crippen LogP contribution in [0.3, 0.4) is 0 Å². The summed E-state index contributed by atoms with van der Waals surface area (Å²) in [5, 5.41) is 5.35. The molecule has 0 aliphatic rings. The molecular formula is C17H15FN2. The van der Waals surface area contributed by atoms with Crippen molar-refractivity contribution in [2.24, 2.45) is 0 Å². The quantitative estimate of drug-likeness (QED) is 0.782. The highest BCUT2D eigenvalue weighted by molar-refractivity contribution is 5.85. The van der Waals surface area contributed by atoms with Gasteiger partial charge in [0, 0.05) is 23.3 Å². The van der Waals surface area contributed by atoms with E-state index >= 15 is 0 Å². The molecule has 100 valence electrons. The van der Waals surface area contributed by atoms with Gasteiger partial charge in [0.25, 0.3) is 0 Å². The largest absolute Gasteiger partial charge is 0.309 e. The fraction of sp³-hybridized carbons (Fsp3) is 0.118. The van der Waals surface area contributed by atoms with E-state index in [-0.39, 0.29) is 11.9 Å². The molecule has 2 aromatic carbocycles. The highest BCUT2D eigenvalue weighted by Gasteiger charge is 2.17. The molecule has 1 atom stereocenters. The normalized spacial score (nSPS) is 12.5. The Hall–Kier alpha value is -2.26. The number of rotatable bonds is 3. The summed E-state index contributed by atoms with van der Waals surface area (Å²) in [6.45, 7) is 0. The lowest BCUT2D eigenvalue weighted by atomic mass is 9.94. The van der Waals surface area contributed by atoms with Crippen LogP contribution < -0.4 is 5.32 Å². The first-order valence-corrected chi connectivity index (χ1v) is 6.55. The van der Waals surface area contributed by atoms with Gasteiger partial charge in [-0.15, -0.1) is 0 Å². The first-order chi connectivity index (χ1) is 9.81. The minimum atomic E-state index is -0.196. The fourth-order valence-corrected chi connectivity index (χ4v) is 2.59. The van der Waals surface area contributed by atoms with Gasteiger partial charge >= 0.3 is 0 Å². The van der Waals surface area contributed by atoms with Crippen molar-refractivity contribution in [3.8, 4) is 0 Å². The minimum Gasteiger partial charge on any atom is -0.309 e. The maximum absolute atomic E-state index is 14.1. The second kappa shape index (κ2) is 5.39. The van der Waals surface area contributed by atoms with Crippen molar-refractivity contribution >= 4 is 10.8 Å².